The Kier molecular flexibility index (Phi) is 4.25. The highest BCUT2D eigenvalue weighted by molar-refractivity contribution is 5.30. The van der Waals surface area contributed by atoms with Gasteiger partial charge in [0, 0.05) is 12.1 Å². The Balaban J connectivity index is 1.80. The number of methoxy groups -OCH3 is 1. The van der Waals surface area contributed by atoms with E-state index in [1.165, 1.54) is 24.8 Å². The molecule has 112 valence electrons. The molecule has 0 radical (unpaired) electrons. The number of likely N-dealkylation sites (tertiary alicyclic amines) is 1. The van der Waals surface area contributed by atoms with E-state index in [2.05, 4.69) is 28.3 Å². The van der Waals surface area contributed by atoms with Crippen LogP contribution in [0.3, 0.4) is 0 Å². The highest BCUT2D eigenvalue weighted by Gasteiger charge is 2.25. The summed E-state index contributed by atoms with van der Waals surface area (Å²) < 4.78 is 10.7. The van der Waals surface area contributed by atoms with E-state index in [0.717, 1.165) is 30.3 Å². The van der Waals surface area contributed by atoms with Gasteiger partial charge in [0.2, 0.25) is 0 Å². The summed E-state index contributed by atoms with van der Waals surface area (Å²) in [6.45, 7) is 3.88. The van der Waals surface area contributed by atoms with Crippen molar-refractivity contribution in [3.05, 3.63) is 47.3 Å². The van der Waals surface area contributed by atoms with Crippen LogP contribution >= 0.6 is 0 Å². The normalized spacial score (nSPS) is 19.6. The van der Waals surface area contributed by atoms with Gasteiger partial charge in [-0.15, -0.1) is 0 Å². The van der Waals surface area contributed by atoms with Gasteiger partial charge in [-0.2, -0.15) is 0 Å². The van der Waals surface area contributed by atoms with Gasteiger partial charge in [-0.3, -0.25) is 4.90 Å². The fourth-order valence-electron chi connectivity index (χ4n) is 3.10. The number of hydrogen-bond donors (Lipinski definition) is 0. The number of aryl methyl sites for hydroxylation is 1. The summed E-state index contributed by atoms with van der Waals surface area (Å²) in [6.07, 6.45) is 3.70. The van der Waals surface area contributed by atoms with Crippen molar-refractivity contribution >= 4 is 0 Å². The number of piperidine rings is 1. The van der Waals surface area contributed by atoms with Gasteiger partial charge in [-0.25, -0.2) is 0 Å². The molecule has 0 N–H and O–H groups in total. The summed E-state index contributed by atoms with van der Waals surface area (Å²) in [5, 5.41) is 3.99. The SMILES string of the molecule is COc1cccc([C@H]2CCCCN2Cc2cc(C)no2)c1. The lowest BCUT2D eigenvalue weighted by atomic mass is 9.95. The van der Waals surface area contributed by atoms with Crippen LogP contribution in [0.2, 0.25) is 0 Å². The van der Waals surface area contributed by atoms with E-state index in [9.17, 15) is 0 Å². The molecule has 1 aliphatic heterocycles. The molecular formula is C17H22N2O2. The lowest BCUT2D eigenvalue weighted by Crippen LogP contribution is -2.32. The molecule has 1 aromatic carbocycles. The maximum Gasteiger partial charge on any atom is 0.150 e. The summed E-state index contributed by atoms with van der Waals surface area (Å²) in [5.41, 5.74) is 2.27. The molecule has 2 heterocycles. The van der Waals surface area contributed by atoms with E-state index in [-0.39, 0.29) is 0 Å². The van der Waals surface area contributed by atoms with Crippen LogP contribution < -0.4 is 4.74 Å². The first-order valence-electron chi connectivity index (χ1n) is 7.56. The number of benzene rings is 1. The third kappa shape index (κ3) is 3.27. The molecule has 21 heavy (non-hydrogen) atoms. The first kappa shape index (κ1) is 14.1. The van der Waals surface area contributed by atoms with Crippen LogP contribution in [0.25, 0.3) is 0 Å². The zero-order valence-corrected chi connectivity index (χ0v) is 12.7. The van der Waals surface area contributed by atoms with Gasteiger partial charge in [0.25, 0.3) is 0 Å². The molecule has 4 nitrogen and oxygen atoms in total. The van der Waals surface area contributed by atoms with Gasteiger partial charge in [0.15, 0.2) is 5.76 Å². The van der Waals surface area contributed by atoms with E-state index in [4.69, 9.17) is 9.26 Å². The summed E-state index contributed by atoms with van der Waals surface area (Å²) in [7, 11) is 1.72. The summed E-state index contributed by atoms with van der Waals surface area (Å²) in [6, 6.07) is 10.9. The van der Waals surface area contributed by atoms with Gasteiger partial charge in [-0.1, -0.05) is 23.7 Å². The first-order chi connectivity index (χ1) is 10.3. The van der Waals surface area contributed by atoms with E-state index in [1.807, 2.05) is 19.1 Å². The minimum absolute atomic E-state index is 0.430. The number of nitrogens with zero attached hydrogens (tertiary/aromatic N) is 2. The van der Waals surface area contributed by atoms with Crippen molar-refractivity contribution in [2.24, 2.45) is 0 Å². The van der Waals surface area contributed by atoms with E-state index in [0.29, 0.717) is 6.04 Å². The van der Waals surface area contributed by atoms with E-state index < -0.39 is 0 Å². The average Bonchev–Trinajstić information content (AvgIpc) is 2.93. The molecule has 3 rings (SSSR count). The highest BCUT2D eigenvalue weighted by Crippen LogP contribution is 2.33. The molecular weight excluding hydrogens is 264 g/mol. The smallest absolute Gasteiger partial charge is 0.150 e. The molecule has 0 aliphatic carbocycles. The Morgan fingerprint density at radius 3 is 3.00 bits per heavy atom. The van der Waals surface area contributed by atoms with Crippen molar-refractivity contribution in [1.82, 2.24) is 10.1 Å². The zero-order chi connectivity index (χ0) is 14.7. The van der Waals surface area contributed by atoms with Gasteiger partial charge in [0.05, 0.1) is 19.3 Å². The molecule has 1 atom stereocenters. The molecule has 0 saturated carbocycles. The molecule has 4 heteroatoms. The minimum atomic E-state index is 0.430. The van der Waals surface area contributed by atoms with Crippen molar-refractivity contribution < 1.29 is 9.26 Å². The van der Waals surface area contributed by atoms with Gasteiger partial charge in [-0.05, 0) is 44.0 Å². The second-order valence-electron chi connectivity index (χ2n) is 5.69. The van der Waals surface area contributed by atoms with Gasteiger partial charge in [0.1, 0.15) is 5.75 Å². The average molecular weight is 286 g/mol. The third-order valence-electron chi connectivity index (χ3n) is 4.13. The van der Waals surface area contributed by atoms with Crippen molar-refractivity contribution in [3.8, 4) is 5.75 Å². The molecule has 2 aromatic rings. The summed E-state index contributed by atoms with van der Waals surface area (Å²) in [5.74, 6) is 1.87. The van der Waals surface area contributed by atoms with Crippen molar-refractivity contribution in [2.75, 3.05) is 13.7 Å². The largest absolute Gasteiger partial charge is 0.497 e. The van der Waals surface area contributed by atoms with Crippen LogP contribution in [0.1, 0.15) is 42.3 Å². The molecule has 1 aliphatic rings. The number of ether oxygens (including phenoxy) is 1. The van der Waals surface area contributed by atoms with E-state index >= 15 is 0 Å². The zero-order valence-electron chi connectivity index (χ0n) is 12.7. The maximum atomic E-state index is 5.38. The van der Waals surface area contributed by atoms with Gasteiger partial charge < -0.3 is 9.26 Å². The molecule has 1 aromatic heterocycles. The van der Waals surface area contributed by atoms with Crippen LogP contribution in [-0.4, -0.2) is 23.7 Å². The van der Waals surface area contributed by atoms with Crippen LogP contribution in [0.5, 0.6) is 5.75 Å². The monoisotopic (exact) mass is 286 g/mol. The van der Waals surface area contributed by atoms with Crippen molar-refractivity contribution in [1.29, 1.82) is 0 Å². The van der Waals surface area contributed by atoms with Crippen LogP contribution in [0.4, 0.5) is 0 Å². The molecule has 0 amide bonds. The number of hydrogen-bond acceptors (Lipinski definition) is 4. The Morgan fingerprint density at radius 2 is 2.24 bits per heavy atom. The molecule has 1 saturated heterocycles. The van der Waals surface area contributed by atoms with Crippen molar-refractivity contribution in [2.45, 2.75) is 38.8 Å². The summed E-state index contributed by atoms with van der Waals surface area (Å²) >= 11 is 0. The standard InChI is InChI=1S/C17H22N2O2/c1-13-10-16(21-18-13)12-19-9-4-3-8-17(19)14-6-5-7-15(11-14)20-2/h5-7,10-11,17H,3-4,8-9,12H2,1-2H3/t17-/m1/s1. The Hall–Kier alpha value is -1.81. The fraction of sp³-hybridized carbons (Fsp3) is 0.471. The molecule has 0 spiro atoms. The number of rotatable bonds is 4. The van der Waals surface area contributed by atoms with Crippen LogP contribution in [0.15, 0.2) is 34.9 Å². The van der Waals surface area contributed by atoms with E-state index in [1.54, 1.807) is 7.11 Å². The predicted octanol–water partition coefficient (Wildman–Crippen LogP) is 3.72. The second-order valence-corrected chi connectivity index (χ2v) is 5.69. The highest BCUT2D eigenvalue weighted by atomic mass is 16.5. The van der Waals surface area contributed by atoms with Gasteiger partial charge >= 0.3 is 0 Å². The first-order valence-corrected chi connectivity index (χ1v) is 7.56. The molecule has 0 unspecified atom stereocenters. The topological polar surface area (TPSA) is 38.5 Å². The van der Waals surface area contributed by atoms with Crippen LogP contribution in [-0.2, 0) is 6.54 Å². The fourth-order valence-corrected chi connectivity index (χ4v) is 3.10. The molecule has 0 bridgehead atoms. The quantitative estimate of drug-likeness (QED) is 0.858. The Morgan fingerprint density at radius 1 is 1.33 bits per heavy atom. The summed E-state index contributed by atoms with van der Waals surface area (Å²) in [4.78, 5) is 2.48. The lowest BCUT2D eigenvalue weighted by Gasteiger charge is -2.35. The predicted molar refractivity (Wildman–Crippen MR) is 81.2 cm³/mol. The Bertz CT molecular complexity index is 594. The molecule has 1 fully saturated rings. The van der Waals surface area contributed by atoms with Crippen molar-refractivity contribution in [3.63, 3.8) is 0 Å². The second kappa shape index (κ2) is 6.31. The minimum Gasteiger partial charge on any atom is -0.497 e. The Labute approximate surface area is 125 Å². The lowest BCUT2D eigenvalue weighted by molar-refractivity contribution is 0.126. The van der Waals surface area contributed by atoms with Crippen LogP contribution in [0, 0.1) is 6.92 Å². The number of aromatic nitrogens is 1. The third-order valence-corrected chi connectivity index (χ3v) is 4.13. The maximum absolute atomic E-state index is 5.38.